The van der Waals surface area contributed by atoms with E-state index in [1.807, 2.05) is 4.57 Å². The number of hydrogen-bond donors (Lipinski definition) is 2. The minimum Gasteiger partial charge on any atom is -0.390 e. The number of H-pyrrole nitrogens is 1. The number of imidazole rings is 1. The number of aliphatic hydroxyl groups is 1. The second kappa shape index (κ2) is 5.44. The highest BCUT2D eigenvalue weighted by Gasteiger charge is 2.06. The first-order valence-electron chi connectivity index (χ1n) is 5.14. The first-order chi connectivity index (χ1) is 7.06. The molecule has 1 aromatic rings. The van der Waals surface area contributed by atoms with E-state index in [4.69, 9.17) is 17.3 Å². The minimum atomic E-state index is 0.0263. The van der Waals surface area contributed by atoms with E-state index < -0.39 is 0 Å². The Morgan fingerprint density at radius 2 is 2.27 bits per heavy atom. The van der Waals surface area contributed by atoms with Crippen molar-refractivity contribution in [3.8, 4) is 0 Å². The van der Waals surface area contributed by atoms with Crippen molar-refractivity contribution < 1.29 is 5.11 Å². The lowest BCUT2D eigenvalue weighted by Crippen LogP contribution is -2.30. The van der Waals surface area contributed by atoms with Crippen LogP contribution in [-0.4, -0.2) is 39.2 Å². The number of likely N-dealkylation sites (N-methyl/N-ethyl adjacent to an activating group) is 1. The van der Waals surface area contributed by atoms with Crippen LogP contribution in [0.25, 0.3) is 0 Å². The summed E-state index contributed by atoms with van der Waals surface area (Å²) in [6, 6.07) is 0.524. The summed E-state index contributed by atoms with van der Waals surface area (Å²) in [4.78, 5) is 5.19. The zero-order chi connectivity index (χ0) is 11.4. The van der Waals surface area contributed by atoms with E-state index >= 15 is 0 Å². The normalized spacial score (nSPS) is 11.6. The number of aliphatic hydroxyl groups excluding tert-OH is 1. The molecular weight excluding hydrogens is 210 g/mol. The van der Waals surface area contributed by atoms with Crippen LogP contribution in [0.5, 0.6) is 0 Å². The van der Waals surface area contributed by atoms with Crippen molar-refractivity contribution in [3.63, 3.8) is 0 Å². The fourth-order valence-electron chi connectivity index (χ4n) is 1.32. The Hall–Kier alpha value is -0.650. The van der Waals surface area contributed by atoms with Crippen LogP contribution < -0.4 is 0 Å². The lowest BCUT2D eigenvalue weighted by Gasteiger charge is -2.21. The molecule has 0 saturated carbocycles. The first-order valence-corrected chi connectivity index (χ1v) is 5.55. The Balaban J connectivity index is 2.64. The van der Waals surface area contributed by atoms with Crippen LogP contribution in [0, 0.1) is 4.77 Å². The molecule has 0 saturated heterocycles. The van der Waals surface area contributed by atoms with Gasteiger partial charge in [0.25, 0.3) is 0 Å². The second-order valence-corrected chi connectivity index (χ2v) is 4.36. The number of hydrogen-bond acceptors (Lipinski definition) is 3. The monoisotopic (exact) mass is 229 g/mol. The van der Waals surface area contributed by atoms with Gasteiger partial charge in [0.05, 0.1) is 12.3 Å². The summed E-state index contributed by atoms with van der Waals surface area (Å²) in [7, 11) is 2.08. The van der Waals surface area contributed by atoms with Crippen LogP contribution in [-0.2, 0) is 13.2 Å². The van der Waals surface area contributed by atoms with Crippen LogP contribution in [0.1, 0.15) is 19.5 Å². The van der Waals surface area contributed by atoms with E-state index in [1.165, 1.54) is 0 Å². The zero-order valence-electron chi connectivity index (χ0n) is 9.53. The molecule has 1 aromatic heterocycles. The maximum atomic E-state index is 9.11. The number of nitrogens with zero attached hydrogens (tertiary/aromatic N) is 2. The fraction of sp³-hybridized carbons (Fsp3) is 0.700. The number of aromatic amines is 1. The lowest BCUT2D eigenvalue weighted by molar-refractivity contribution is 0.247. The molecule has 0 aliphatic heterocycles. The van der Waals surface area contributed by atoms with Crippen molar-refractivity contribution in [2.75, 3.05) is 13.6 Å². The highest BCUT2D eigenvalue weighted by atomic mass is 32.1. The van der Waals surface area contributed by atoms with Gasteiger partial charge in [-0.25, -0.2) is 0 Å². The molecule has 0 aromatic carbocycles. The predicted octanol–water partition coefficient (Wildman–Crippen LogP) is 1.38. The van der Waals surface area contributed by atoms with E-state index in [1.54, 1.807) is 6.20 Å². The van der Waals surface area contributed by atoms with Crippen LogP contribution in [0.3, 0.4) is 0 Å². The lowest BCUT2D eigenvalue weighted by atomic mass is 10.3. The summed E-state index contributed by atoms with van der Waals surface area (Å²) in [6.45, 7) is 6.08. The summed E-state index contributed by atoms with van der Waals surface area (Å²) >= 11 is 5.13. The summed E-state index contributed by atoms with van der Waals surface area (Å²) in [6.07, 6.45) is 1.76. The van der Waals surface area contributed by atoms with Crippen LogP contribution in [0.2, 0.25) is 0 Å². The van der Waals surface area contributed by atoms with Gasteiger partial charge in [-0.3, -0.25) is 0 Å². The Morgan fingerprint density at radius 1 is 1.60 bits per heavy atom. The van der Waals surface area contributed by atoms with Gasteiger partial charge in [0, 0.05) is 25.3 Å². The molecule has 0 aliphatic rings. The number of aromatic nitrogens is 2. The second-order valence-electron chi connectivity index (χ2n) is 3.97. The molecule has 0 spiro atoms. The molecule has 0 aliphatic carbocycles. The van der Waals surface area contributed by atoms with E-state index in [0.717, 1.165) is 18.8 Å². The first kappa shape index (κ1) is 12.4. The number of rotatable bonds is 5. The summed E-state index contributed by atoms with van der Waals surface area (Å²) < 4.78 is 2.62. The van der Waals surface area contributed by atoms with Gasteiger partial charge in [0.1, 0.15) is 0 Å². The van der Waals surface area contributed by atoms with Gasteiger partial charge < -0.3 is 19.6 Å². The van der Waals surface area contributed by atoms with Crippen molar-refractivity contribution in [1.82, 2.24) is 14.5 Å². The van der Waals surface area contributed by atoms with Crippen molar-refractivity contribution in [2.24, 2.45) is 0 Å². The van der Waals surface area contributed by atoms with Crippen molar-refractivity contribution in [3.05, 3.63) is 16.7 Å². The average molecular weight is 229 g/mol. The molecule has 0 radical (unpaired) electrons. The van der Waals surface area contributed by atoms with E-state index in [-0.39, 0.29) is 6.61 Å². The molecule has 0 amide bonds. The molecule has 4 nitrogen and oxygen atoms in total. The molecule has 15 heavy (non-hydrogen) atoms. The third-order valence-corrected chi connectivity index (χ3v) is 3.01. The van der Waals surface area contributed by atoms with Gasteiger partial charge in [-0.2, -0.15) is 0 Å². The van der Waals surface area contributed by atoms with Gasteiger partial charge in [-0.05, 0) is 33.1 Å². The third kappa shape index (κ3) is 3.15. The molecule has 86 valence electrons. The van der Waals surface area contributed by atoms with Crippen LogP contribution >= 0.6 is 12.2 Å². The third-order valence-electron chi connectivity index (χ3n) is 2.67. The Labute approximate surface area is 95.5 Å². The molecule has 1 rings (SSSR count). The maximum absolute atomic E-state index is 9.11. The number of nitrogens with one attached hydrogen (secondary N) is 1. The van der Waals surface area contributed by atoms with Crippen LogP contribution in [0.4, 0.5) is 0 Å². The van der Waals surface area contributed by atoms with Crippen molar-refractivity contribution in [1.29, 1.82) is 0 Å². The Bertz CT molecular complexity index is 356. The molecule has 5 heteroatoms. The molecule has 0 bridgehead atoms. The smallest absolute Gasteiger partial charge is 0.177 e. The average Bonchev–Trinajstić information content (AvgIpc) is 2.55. The summed E-state index contributed by atoms with van der Waals surface area (Å²) in [5.41, 5.74) is 0.845. The minimum absolute atomic E-state index is 0.0263. The SMILES string of the molecule is CC(C)N(C)CCn1c(CO)c[nH]c1=S. The highest BCUT2D eigenvalue weighted by molar-refractivity contribution is 7.71. The maximum Gasteiger partial charge on any atom is 0.177 e. The van der Waals surface area contributed by atoms with Gasteiger partial charge >= 0.3 is 0 Å². The largest absolute Gasteiger partial charge is 0.390 e. The van der Waals surface area contributed by atoms with E-state index in [2.05, 4.69) is 30.8 Å². The van der Waals surface area contributed by atoms with Crippen LogP contribution in [0.15, 0.2) is 6.20 Å². The molecule has 0 atom stereocenters. The van der Waals surface area contributed by atoms with Gasteiger partial charge in [0.15, 0.2) is 4.77 Å². The quantitative estimate of drug-likeness (QED) is 0.750. The molecule has 0 fully saturated rings. The standard InChI is InChI=1S/C10H19N3OS/c1-8(2)12(3)4-5-13-9(7-14)6-11-10(13)15/h6,8,14H,4-5,7H2,1-3H3,(H,11,15). The Kier molecular flexibility index (Phi) is 4.50. The van der Waals surface area contributed by atoms with E-state index in [0.29, 0.717) is 10.8 Å². The molecule has 0 unspecified atom stereocenters. The molecule has 2 N–H and O–H groups in total. The van der Waals surface area contributed by atoms with Crippen molar-refractivity contribution >= 4 is 12.2 Å². The Morgan fingerprint density at radius 3 is 2.80 bits per heavy atom. The zero-order valence-corrected chi connectivity index (χ0v) is 10.3. The highest BCUT2D eigenvalue weighted by Crippen LogP contribution is 2.03. The molecule has 1 heterocycles. The van der Waals surface area contributed by atoms with Crippen molar-refractivity contribution in [2.45, 2.75) is 33.0 Å². The topological polar surface area (TPSA) is 44.2 Å². The predicted molar refractivity (Wildman–Crippen MR) is 63.3 cm³/mol. The van der Waals surface area contributed by atoms with Gasteiger partial charge in [0.2, 0.25) is 0 Å². The fourth-order valence-corrected chi connectivity index (χ4v) is 1.59. The summed E-state index contributed by atoms with van der Waals surface area (Å²) in [5, 5.41) is 9.11. The summed E-state index contributed by atoms with van der Waals surface area (Å²) in [5.74, 6) is 0. The van der Waals surface area contributed by atoms with Gasteiger partial charge in [-0.15, -0.1) is 0 Å². The van der Waals surface area contributed by atoms with Gasteiger partial charge in [-0.1, -0.05) is 0 Å². The van der Waals surface area contributed by atoms with E-state index in [9.17, 15) is 0 Å². The molecular formula is C10H19N3OS.